The highest BCUT2D eigenvalue weighted by molar-refractivity contribution is 5.96. The maximum absolute atomic E-state index is 11.2. The zero-order chi connectivity index (χ0) is 12.3. The third-order valence-corrected chi connectivity index (χ3v) is 2.29. The zero-order valence-electron chi connectivity index (χ0n) is 9.49. The summed E-state index contributed by atoms with van der Waals surface area (Å²) in [4.78, 5) is 11.2. The van der Waals surface area contributed by atoms with Crippen molar-refractivity contribution in [1.82, 2.24) is 0 Å². The lowest BCUT2D eigenvalue weighted by Gasteiger charge is -2.19. The number of hydrogen-bond acceptors (Lipinski definition) is 5. The Morgan fingerprint density at radius 2 is 2.29 bits per heavy atom. The highest BCUT2D eigenvalue weighted by atomic mass is 16.5. The number of methoxy groups -OCH3 is 1. The lowest BCUT2D eigenvalue weighted by Crippen LogP contribution is -2.25. The molecule has 1 heterocycles. The van der Waals surface area contributed by atoms with E-state index >= 15 is 0 Å². The van der Waals surface area contributed by atoms with Crippen molar-refractivity contribution in [2.75, 3.05) is 38.0 Å². The molecule has 1 aliphatic rings. The lowest BCUT2D eigenvalue weighted by atomic mass is 10.2. The molecule has 0 aromatic heterocycles. The molecule has 1 aromatic rings. The Hall–Kier alpha value is -1.95. The van der Waals surface area contributed by atoms with Gasteiger partial charge in [0.05, 0.1) is 18.0 Å². The molecule has 0 bridgehead atoms. The Bertz CT molecular complexity index is 434. The fraction of sp³-hybridized carbons (Fsp3) is 0.364. The van der Waals surface area contributed by atoms with E-state index in [0.717, 1.165) is 0 Å². The summed E-state index contributed by atoms with van der Waals surface area (Å²) in [6, 6.07) is 3.29. The first kappa shape index (κ1) is 11.5. The van der Waals surface area contributed by atoms with Crippen LogP contribution in [-0.4, -0.2) is 32.8 Å². The molecule has 0 unspecified atom stereocenters. The Morgan fingerprint density at radius 3 is 3.06 bits per heavy atom. The average Bonchev–Trinajstić information content (AvgIpc) is 2.31. The first-order chi connectivity index (χ1) is 8.20. The zero-order valence-corrected chi connectivity index (χ0v) is 9.49. The Balaban J connectivity index is 2.17. The first-order valence-electron chi connectivity index (χ1n) is 5.18. The summed E-state index contributed by atoms with van der Waals surface area (Å²) in [6.45, 7) is 0.879. The van der Waals surface area contributed by atoms with Crippen molar-refractivity contribution < 1.29 is 19.0 Å². The number of rotatable bonds is 4. The second-order valence-corrected chi connectivity index (χ2v) is 3.56. The average molecular weight is 238 g/mol. The van der Waals surface area contributed by atoms with Crippen LogP contribution in [-0.2, 0) is 9.53 Å². The van der Waals surface area contributed by atoms with Gasteiger partial charge in [0.25, 0.3) is 5.91 Å². The molecule has 0 saturated heterocycles. The topological polar surface area (TPSA) is 82.8 Å². The molecule has 0 radical (unpaired) electrons. The number of carbonyl (C=O) groups excluding carboxylic acids is 1. The van der Waals surface area contributed by atoms with Gasteiger partial charge >= 0.3 is 0 Å². The van der Waals surface area contributed by atoms with Crippen LogP contribution in [0.2, 0.25) is 0 Å². The van der Waals surface area contributed by atoms with Gasteiger partial charge in [-0.25, -0.2) is 0 Å². The smallest absolute Gasteiger partial charge is 0.262 e. The van der Waals surface area contributed by atoms with Crippen LogP contribution in [0.15, 0.2) is 12.1 Å². The van der Waals surface area contributed by atoms with Crippen LogP contribution in [0.3, 0.4) is 0 Å². The molecule has 1 aromatic carbocycles. The number of hydrogen-bond donors (Lipinski definition) is 2. The Morgan fingerprint density at radius 1 is 1.47 bits per heavy atom. The minimum absolute atomic E-state index is 0.0102. The number of nitrogens with two attached hydrogens (primary N) is 1. The number of carbonyl (C=O) groups is 1. The third-order valence-electron chi connectivity index (χ3n) is 2.29. The number of nitrogen functional groups attached to an aromatic ring is 1. The predicted octanol–water partition coefficient (Wildman–Crippen LogP) is 0.625. The maximum Gasteiger partial charge on any atom is 0.262 e. The van der Waals surface area contributed by atoms with Crippen molar-refractivity contribution in [3.63, 3.8) is 0 Å². The largest absolute Gasteiger partial charge is 0.489 e. The fourth-order valence-electron chi connectivity index (χ4n) is 1.48. The van der Waals surface area contributed by atoms with E-state index in [1.165, 1.54) is 0 Å². The SMILES string of the molecule is COCCOc1cc2c(cc1N)OCC(=O)N2. The predicted molar refractivity (Wildman–Crippen MR) is 62.4 cm³/mol. The van der Waals surface area contributed by atoms with Crippen LogP contribution in [0, 0.1) is 0 Å². The van der Waals surface area contributed by atoms with Crippen molar-refractivity contribution in [3.8, 4) is 11.5 Å². The van der Waals surface area contributed by atoms with Gasteiger partial charge in [-0.1, -0.05) is 0 Å². The maximum atomic E-state index is 11.2. The molecule has 17 heavy (non-hydrogen) atoms. The quantitative estimate of drug-likeness (QED) is 0.593. The molecule has 6 heteroatoms. The number of fused-ring (bicyclic) bond motifs is 1. The van der Waals surface area contributed by atoms with E-state index in [0.29, 0.717) is 36.1 Å². The van der Waals surface area contributed by atoms with Gasteiger partial charge in [-0.05, 0) is 0 Å². The third kappa shape index (κ3) is 2.59. The molecule has 1 aliphatic heterocycles. The van der Waals surface area contributed by atoms with Gasteiger partial charge in [0, 0.05) is 19.2 Å². The summed E-state index contributed by atoms with van der Waals surface area (Å²) in [5, 5.41) is 2.69. The Labute approximate surface area is 98.6 Å². The van der Waals surface area contributed by atoms with E-state index in [2.05, 4.69) is 5.32 Å². The number of ether oxygens (including phenoxy) is 3. The van der Waals surface area contributed by atoms with Gasteiger partial charge in [-0.2, -0.15) is 0 Å². The normalized spacial score (nSPS) is 13.6. The summed E-state index contributed by atoms with van der Waals surface area (Å²) >= 11 is 0. The summed E-state index contributed by atoms with van der Waals surface area (Å²) in [5.41, 5.74) is 6.84. The monoisotopic (exact) mass is 238 g/mol. The van der Waals surface area contributed by atoms with Gasteiger partial charge in [0.2, 0.25) is 0 Å². The summed E-state index contributed by atoms with van der Waals surface area (Å²) in [7, 11) is 1.59. The molecule has 92 valence electrons. The molecule has 3 N–H and O–H groups in total. The minimum atomic E-state index is -0.190. The molecule has 0 fully saturated rings. The van der Waals surface area contributed by atoms with E-state index in [1.54, 1.807) is 19.2 Å². The summed E-state index contributed by atoms with van der Waals surface area (Å²) < 4.78 is 15.5. The highest BCUT2D eigenvalue weighted by Crippen LogP contribution is 2.36. The Kier molecular flexibility index (Phi) is 3.34. The van der Waals surface area contributed by atoms with Crippen molar-refractivity contribution in [3.05, 3.63) is 12.1 Å². The fourth-order valence-corrected chi connectivity index (χ4v) is 1.48. The number of anilines is 2. The van der Waals surface area contributed by atoms with Crippen LogP contribution in [0.5, 0.6) is 11.5 Å². The van der Waals surface area contributed by atoms with Crippen LogP contribution in [0.1, 0.15) is 0 Å². The van der Waals surface area contributed by atoms with Crippen LogP contribution in [0.25, 0.3) is 0 Å². The second kappa shape index (κ2) is 4.92. The van der Waals surface area contributed by atoms with E-state index in [1.807, 2.05) is 0 Å². The van der Waals surface area contributed by atoms with Crippen molar-refractivity contribution in [1.29, 1.82) is 0 Å². The van der Waals surface area contributed by atoms with Gasteiger partial charge in [0.1, 0.15) is 18.1 Å². The van der Waals surface area contributed by atoms with Gasteiger partial charge < -0.3 is 25.3 Å². The van der Waals surface area contributed by atoms with Crippen molar-refractivity contribution in [2.24, 2.45) is 0 Å². The van der Waals surface area contributed by atoms with E-state index in [9.17, 15) is 4.79 Å². The minimum Gasteiger partial charge on any atom is -0.489 e. The lowest BCUT2D eigenvalue weighted by molar-refractivity contribution is -0.118. The van der Waals surface area contributed by atoms with Crippen molar-refractivity contribution >= 4 is 17.3 Å². The van der Waals surface area contributed by atoms with Crippen LogP contribution >= 0.6 is 0 Å². The van der Waals surface area contributed by atoms with Gasteiger partial charge in [-0.3, -0.25) is 4.79 Å². The molecule has 2 rings (SSSR count). The van der Waals surface area contributed by atoms with Gasteiger partial charge in [0.15, 0.2) is 6.61 Å². The molecule has 0 atom stereocenters. The molecule has 0 spiro atoms. The van der Waals surface area contributed by atoms with Gasteiger partial charge in [-0.15, -0.1) is 0 Å². The summed E-state index contributed by atoms with van der Waals surface area (Å²) in [5.74, 6) is 0.873. The van der Waals surface area contributed by atoms with Crippen molar-refractivity contribution in [2.45, 2.75) is 0 Å². The molecular formula is C11H14N2O4. The first-order valence-corrected chi connectivity index (χ1v) is 5.18. The summed E-state index contributed by atoms with van der Waals surface area (Å²) in [6.07, 6.45) is 0. The van der Waals surface area contributed by atoms with E-state index in [-0.39, 0.29) is 12.5 Å². The van der Waals surface area contributed by atoms with Crippen LogP contribution in [0.4, 0.5) is 11.4 Å². The molecular weight excluding hydrogens is 224 g/mol. The number of amides is 1. The van der Waals surface area contributed by atoms with E-state index < -0.39 is 0 Å². The number of nitrogens with one attached hydrogen (secondary N) is 1. The molecule has 1 amide bonds. The van der Waals surface area contributed by atoms with E-state index in [4.69, 9.17) is 19.9 Å². The molecule has 6 nitrogen and oxygen atoms in total. The second-order valence-electron chi connectivity index (χ2n) is 3.56. The highest BCUT2D eigenvalue weighted by Gasteiger charge is 2.18. The molecule has 0 saturated carbocycles. The number of benzene rings is 1. The van der Waals surface area contributed by atoms with Crippen LogP contribution < -0.4 is 20.5 Å². The standard InChI is InChI=1S/C11H14N2O4/c1-15-2-3-16-9-5-8-10(4-7(9)12)17-6-11(14)13-8/h4-5H,2-3,6,12H2,1H3,(H,13,14). The molecule has 0 aliphatic carbocycles.